The van der Waals surface area contributed by atoms with E-state index in [0.29, 0.717) is 11.1 Å². The van der Waals surface area contributed by atoms with Crippen LogP contribution in [-0.2, 0) is 19.1 Å². The lowest BCUT2D eigenvalue weighted by atomic mass is 9.82. The number of nitrogens with zero attached hydrogens (tertiary/aromatic N) is 2. The maximum absolute atomic E-state index is 13.9. The van der Waals surface area contributed by atoms with E-state index in [2.05, 4.69) is 6.58 Å². The van der Waals surface area contributed by atoms with Gasteiger partial charge in [0, 0.05) is 18.1 Å². The molecule has 1 fully saturated rings. The van der Waals surface area contributed by atoms with E-state index in [9.17, 15) is 24.5 Å². The van der Waals surface area contributed by atoms with Gasteiger partial charge in [-0.05, 0) is 31.9 Å². The Bertz CT molecular complexity index is 1110. The standard InChI is InChI=1S/C26H28N2O7/c1-5-20(17-11-13-19(14-12-17)28(32)33)21(15-23(29)35-26(2,3)4)24(30)27-22(16-34-25(27)31)18-9-7-6-8-10-18/h5-14,20-22H,1,15-16H2,2-4H3/t20-,21+,22-/m1/s1. The predicted molar refractivity (Wildman–Crippen MR) is 127 cm³/mol. The molecule has 1 saturated heterocycles. The van der Waals surface area contributed by atoms with E-state index in [4.69, 9.17) is 9.47 Å². The van der Waals surface area contributed by atoms with Crippen molar-refractivity contribution in [2.24, 2.45) is 5.92 Å². The van der Waals surface area contributed by atoms with E-state index >= 15 is 0 Å². The van der Waals surface area contributed by atoms with Crippen LogP contribution in [0, 0.1) is 16.0 Å². The SMILES string of the molecule is C=C[C@H](c1ccc([N+](=O)[O-])cc1)[C@H](CC(=O)OC(C)(C)C)C(=O)N1C(=O)OC[C@@H]1c1ccccc1. The number of benzene rings is 2. The van der Waals surface area contributed by atoms with Gasteiger partial charge in [0.15, 0.2) is 0 Å². The van der Waals surface area contributed by atoms with Crippen LogP contribution in [-0.4, -0.2) is 40.0 Å². The van der Waals surface area contributed by atoms with Crippen molar-refractivity contribution in [2.45, 2.75) is 44.8 Å². The third-order valence-corrected chi connectivity index (χ3v) is 5.59. The van der Waals surface area contributed by atoms with E-state index in [0.717, 1.165) is 4.90 Å². The van der Waals surface area contributed by atoms with Gasteiger partial charge >= 0.3 is 12.1 Å². The Morgan fingerprint density at radius 1 is 1.20 bits per heavy atom. The molecule has 3 atom stereocenters. The number of nitro groups is 1. The monoisotopic (exact) mass is 480 g/mol. The molecule has 0 unspecified atom stereocenters. The molecule has 0 radical (unpaired) electrons. The van der Waals surface area contributed by atoms with Gasteiger partial charge in [0.1, 0.15) is 18.2 Å². The molecule has 1 heterocycles. The maximum Gasteiger partial charge on any atom is 0.417 e. The first kappa shape index (κ1) is 25.6. The summed E-state index contributed by atoms with van der Waals surface area (Å²) in [5, 5.41) is 11.1. The number of cyclic esters (lactones) is 1. The number of hydrogen-bond donors (Lipinski definition) is 0. The topological polar surface area (TPSA) is 116 Å². The lowest BCUT2D eigenvalue weighted by Gasteiger charge is -2.30. The summed E-state index contributed by atoms with van der Waals surface area (Å²) in [6, 6.07) is 14.0. The minimum atomic E-state index is -1.05. The maximum atomic E-state index is 13.9. The van der Waals surface area contributed by atoms with Crippen molar-refractivity contribution in [1.82, 2.24) is 4.90 Å². The second-order valence-corrected chi connectivity index (χ2v) is 9.22. The predicted octanol–water partition coefficient (Wildman–Crippen LogP) is 4.93. The van der Waals surface area contributed by atoms with Gasteiger partial charge in [0.25, 0.3) is 5.69 Å². The van der Waals surface area contributed by atoms with Gasteiger partial charge in [0.05, 0.1) is 17.3 Å². The fourth-order valence-electron chi connectivity index (χ4n) is 4.05. The van der Waals surface area contributed by atoms with Crippen LogP contribution in [0.15, 0.2) is 67.3 Å². The van der Waals surface area contributed by atoms with Crippen molar-refractivity contribution < 1.29 is 28.8 Å². The fourth-order valence-corrected chi connectivity index (χ4v) is 4.05. The van der Waals surface area contributed by atoms with Gasteiger partial charge in [-0.2, -0.15) is 0 Å². The summed E-state index contributed by atoms with van der Waals surface area (Å²) >= 11 is 0. The molecule has 2 amide bonds. The van der Waals surface area contributed by atoms with Gasteiger partial charge < -0.3 is 9.47 Å². The summed E-state index contributed by atoms with van der Waals surface area (Å²) < 4.78 is 10.7. The minimum absolute atomic E-state index is 0.00989. The molecule has 35 heavy (non-hydrogen) atoms. The molecule has 1 aliphatic heterocycles. The number of amides is 2. The number of hydrogen-bond acceptors (Lipinski definition) is 7. The second kappa shape index (κ2) is 10.5. The Hall–Kier alpha value is -4.01. The van der Waals surface area contributed by atoms with Crippen LogP contribution in [0.4, 0.5) is 10.5 Å². The third kappa shape index (κ3) is 6.11. The highest BCUT2D eigenvalue weighted by Gasteiger charge is 2.44. The molecule has 3 rings (SSSR count). The Labute approximate surface area is 203 Å². The first-order chi connectivity index (χ1) is 16.5. The van der Waals surface area contributed by atoms with Crippen molar-refractivity contribution in [2.75, 3.05) is 6.61 Å². The summed E-state index contributed by atoms with van der Waals surface area (Å²) in [5.74, 6) is -3.01. The van der Waals surface area contributed by atoms with Crippen molar-refractivity contribution in [3.05, 3.63) is 88.5 Å². The normalized spacial score (nSPS) is 17.3. The summed E-state index contributed by atoms with van der Waals surface area (Å²) in [4.78, 5) is 50.9. The zero-order valence-electron chi connectivity index (χ0n) is 19.9. The summed E-state index contributed by atoms with van der Waals surface area (Å²) in [5.41, 5.74) is 0.365. The molecule has 1 aliphatic rings. The molecule has 2 aromatic rings. The Morgan fingerprint density at radius 2 is 1.83 bits per heavy atom. The minimum Gasteiger partial charge on any atom is -0.460 e. The molecular formula is C26H28N2O7. The molecule has 0 bridgehead atoms. The highest BCUT2D eigenvalue weighted by atomic mass is 16.6. The number of nitro benzene ring substituents is 1. The highest BCUT2D eigenvalue weighted by molar-refractivity contribution is 5.97. The van der Waals surface area contributed by atoms with Gasteiger partial charge in [-0.3, -0.25) is 19.7 Å². The lowest BCUT2D eigenvalue weighted by Crippen LogP contribution is -2.42. The van der Waals surface area contributed by atoms with Crippen molar-refractivity contribution in [1.29, 1.82) is 0 Å². The smallest absolute Gasteiger partial charge is 0.417 e. The molecule has 9 nitrogen and oxygen atoms in total. The zero-order chi connectivity index (χ0) is 25.8. The number of rotatable bonds is 8. The van der Waals surface area contributed by atoms with E-state index in [1.807, 2.05) is 6.07 Å². The summed E-state index contributed by atoms with van der Waals surface area (Å²) in [7, 11) is 0. The van der Waals surface area contributed by atoms with E-state index < -0.39 is 46.4 Å². The Morgan fingerprint density at radius 3 is 2.37 bits per heavy atom. The molecular weight excluding hydrogens is 452 g/mol. The van der Waals surface area contributed by atoms with Crippen LogP contribution in [0.5, 0.6) is 0 Å². The molecule has 0 saturated carbocycles. The Kier molecular flexibility index (Phi) is 7.68. The second-order valence-electron chi connectivity index (χ2n) is 9.22. The van der Waals surface area contributed by atoms with Crippen molar-refractivity contribution in [3.8, 4) is 0 Å². The van der Waals surface area contributed by atoms with Crippen molar-refractivity contribution in [3.63, 3.8) is 0 Å². The Balaban J connectivity index is 2.00. The highest BCUT2D eigenvalue weighted by Crippen LogP contribution is 2.36. The van der Waals surface area contributed by atoms with Crippen LogP contribution in [0.3, 0.4) is 0 Å². The van der Waals surface area contributed by atoms with E-state index in [1.165, 1.54) is 30.3 Å². The molecule has 0 N–H and O–H groups in total. The number of carbonyl (C=O) groups excluding carboxylic acids is 3. The third-order valence-electron chi connectivity index (χ3n) is 5.59. The van der Waals surface area contributed by atoms with E-state index in [1.54, 1.807) is 45.0 Å². The number of esters is 1. The van der Waals surface area contributed by atoms with Crippen LogP contribution in [0.2, 0.25) is 0 Å². The average molecular weight is 481 g/mol. The molecule has 184 valence electrons. The first-order valence-corrected chi connectivity index (χ1v) is 11.2. The summed E-state index contributed by atoms with van der Waals surface area (Å²) in [6.07, 6.45) is 0.367. The van der Waals surface area contributed by atoms with Gasteiger partial charge in [-0.1, -0.05) is 48.5 Å². The number of ether oxygens (including phenoxy) is 2. The van der Waals surface area contributed by atoms with Crippen LogP contribution in [0.1, 0.15) is 50.3 Å². The number of carbonyl (C=O) groups is 3. The van der Waals surface area contributed by atoms with E-state index in [-0.39, 0.29) is 18.7 Å². The first-order valence-electron chi connectivity index (χ1n) is 11.2. The number of allylic oxidation sites excluding steroid dienone is 1. The van der Waals surface area contributed by atoms with Crippen molar-refractivity contribution >= 4 is 23.7 Å². The molecule has 0 spiro atoms. The van der Waals surface area contributed by atoms with Gasteiger partial charge in [0.2, 0.25) is 5.91 Å². The average Bonchev–Trinajstić information content (AvgIpc) is 3.19. The van der Waals surface area contributed by atoms with Crippen LogP contribution in [0.25, 0.3) is 0 Å². The van der Waals surface area contributed by atoms with Gasteiger partial charge in [-0.15, -0.1) is 6.58 Å². The van der Waals surface area contributed by atoms with Crippen LogP contribution < -0.4 is 0 Å². The largest absolute Gasteiger partial charge is 0.460 e. The van der Waals surface area contributed by atoms with Crippen LogP contribution >= 0.6 is 0 Å². The molecule has 0 aliphatic carbocycles. The number of non-ortho nitro benzene ring substituents is 1. The van der Waals surface area contributed by atoms with Gasteiger partial charge in [-0.25, -0.2) is 9.69 Å². The molecule has 0 aromatic heterocycles. The lowest BCUT2D eigenvalue weighted by molar-refractivity contribution is -0.384. The zero-order valence-corrected chi connectivity index (χ0v) is 19.9. The molecule has 2 aromatic carbocycles. The number of imide groups is 1. The fraction of sp³-hybridized carbons (Fsp3) is 0.346. The quantitative estimate of drug-likeness (QED) is 0.228. The summed E-state index contributed by atoms with van der Waals surface area (Å²) in [6.45, 7) is 8.96. The molecule has 9 heteroatoms.